The molecule has 1 aromatic rings. The molecule has 0 amide bonds. The van der Waals surface area contributed by atoms with Crippen molar-refractivity contribution in [2.24, 2.45) is 0 Å². The number of rotatable bonds is 6. The first-order valence-electron chi connectivity index (χ1n) is 5.31. The molecule has 0 unspecified atom stereocenters. The van der Waals surface area contributed by atoms with Crippen molar-refractivity contribution in [1.29, 1.82) is 0 Å². The average Bonchev–Trinajstić information content (AvgIpc) is 2.30. The van der Waals surface area contributed by atoms with Crippen molar-refractivity contribution in [2.75, 3.05) is 13.2 Å². The van der Waals surface area contributed by atoms with Crippen LogP contribution in [0.15, 0.2) is 24.3 Å². The van der Waals surface area contributed by atoms with E-state index in [0.29, 0.717) is 0 Å². The molecule has 0 bridgehead atoms. The number of alkyl halides is 2. The van der Waals surface area contributed by atoms with E-state index in [2.05, 4.69) is 0 Å². The Morgan fingerprint density at radius 2 is 1.82 bits per heavy atom. The molecule has 0 heterocycles. The predicted molar refractivity (Wildman–Crippen MR) is 61.9 cm³/mol. The zero-order valence-corrected chi connectivity index (χ0v) is 10.6. The highest BCUT2D eigenvalue weighted by molar-refractivity contribution is 7.62. The van der Waals surface area contributed by atoms with Gasteiger partial charge in [0.25, 0.3) is 6.43 Å². The second-order valence-corrected chi connectivity index (χ2v) is 5.26. The Balaban J connectivity index is 3.10. The lowest BCUT2D eigenvalue weighted by atomic mass is 10.2. The van der Waals surface area contributed by atoms with Gasteiger partial charge in [-0.1, -0.05) is 12.1 Å². The van der Waals surface area contributed by atoms with E-state index in [1.165, 1.54) is 18.2 Å². The molecule has 0 fully saturated rings. The molecule has 0 atom stereocenters. The topological polar surface area (TPSA) is 35.5 Å². The Morgan fingerprint density at radius 1 is 1.24 bits per heavy atom. The summed E-state index contributed by atoms with van der Waals surface area (Å²) < 4.78 is 47.5. The van der Waals surface area contributed by atoms with E-state index in [0.717, 1.165) is 6.07 Å². The third-order valence-corrected chi connectivity index (χ3v) is 4.14. The molecule has 0 N–H and O–H groups in total. The molecule has 0 spiro atoms. The molecular formula is C11H15F2O3P. The third-order valence-electron chi connectivity index (χ3n) is 2.04. The van der Waals surface area contributed by atoms with Gasteiger partial charge in [-0.3, -0.25) is 4.57 Å². The van der Waals surface area contributed by atoms with E-state index < -0.39 is 14.0 Å². The second kappa shape index (κ2) is 6.24. The van der Waals surface area contributed by atoms with Gasteiger partial charge in [0.2, 0.25) is 0 Å². The summed E-state index contributed by atoms with van der Waals surface area (Å²) in [6, 6.07) is 5.33. The predicted octanol–water partition coefficient (Wildman–Crippen LogP) is 3.52. The molecule has 1 aromatic carbocycles. The molecule has 6 heteroatoms. The van der Waals surface area contributed by atoms with Crippen LogP contribution in [0.2, 0.25) is 0 Å². The van der Waals surface area contributed by atoms with E-state index in [9.17, 15) is 13.3 Å². The Bertz CT molecular complexity index is 399. The summed E-state index contributed by atoms with van der Waals surface area (Å²) in [5.41, 5.74) is -0.192. The van der Waals surface area contributed by atoms with Crippen LogP contribution in [0.3, 0.4) is 0 Å². The smallest absolute Gasteiger partial charge is 0.305 e. The van der Waals surface area contributed by atoms with Gasteiger partial charge >= 0.3 is 7.60 Å². The molecule has 0 saturated heterocycles. The first-order valence-corrected chi connectivity index (χ1v) is 6.85. The fourth-order valence-electron chi connectivity index (χ4n) is 1.36. The Morgan fingerprint density at radius 3 is 2.29 bits per heavy atom. The number of hydrogen-bond donors (Lipinski definition) is 0. The summed E-state index contributed by atoms with van der Waals surface area (Å²) in [5, 5.41) is 0.166. The lowest BCUT2D eigenvalue weighted by Gasteiger charge is -2.17. The molecule has 0 aliphatic rings. The van der Waals surface area contributed by atoms with Gasteiger partial charge in [0.1, 0.15) is 0 Å². The van der Waals surface area contributed by atoms with Crippen molar-refractivity contribution >= 4 is 12.9 Å². The Kier molecular flexibility index (Phi) is 5.25. The molecule has 0 radical (unpaired) electrons. The first-order chi connectivity index (χ1) is 8.03. The van der Waals surface area contributed by atoms with Crippen molar-refractivity contribution in [3.63, 3.8) is 0 Å². The van der Waals surface area contributed by atoms with Gasteiger partial charge in [0.05, 0.1) is 18.5 Å². The highest BCUT2D eigenvalue weighted by Crippen LogP contribution is 2.47. The second-order valence-electron chi connectivity index (χ2n) is 3.23. The van der Waals surface area contributed by atoms with Crippen molar-refractivity contribution in [1.82, 2.24) is 0 Å². The van der Waals surface area contributed by atoms with Gasteiger partial charge < -0.3 is 9.05 Å². The van der Waals surface area contributed by atoms with Gasteiger partial charge in [0, 0.05) is 5.56 Å². The quantitative estimate of drug-likeness (QED) is 0.737. The first kappa shape index (κ1) is 14.3. The molecule has 17 heavy (non-hydrogen) atoms. The number of benzene rings is 1. The van der Waals surface area contributed by atoms with Crippen LogP contribution < -0.4 is 5.30 Å². The Labute approximate surface area is 99.3 Å². The van der Waals surface area contributed by atoms with Gasteiger partial charge in [-0.05, 0) is 26.0 Å². The van der Waals surface area contributed by atoms with Crippen LogP contribution >= 0.6 is 7.60 Å². The summed E-state index contributed by atoms with van der Waals surface area (Å²) in [6.45, 7) is 3.72. The minimum absolute atomic E-state index is 0.166. The molecule has 96 valence electrons. The summed E-state index contributed by atoms with van der Waals surface area (Å²) in [7, 11) is -3.47. The van der Waals surface area contributed by atoms with Crippen LogP contribution in [0.25, 0.3) is 0 Å². The lowest BCUT2D eigenvalue weighted by molar-refractivity contribution is 0.151. The van der Waals surface area contributed by atoms with Crippen LogP contribution in [-0.4, -0.2) is 13.2 Å². The molecule has 3 nitrogen and oxygen atoms in total. The standard InChI is InChI=1S/C11H15F2O3P/c1-3-15-17(14,16-4-2)10-7-5-6-9(8-10)11(12)13/h5-8,11H,3-4H2,1-2H3. The summed E-state index contributed by atoms with van der Waals surface area (Å²) in [4.78, 5) is 0. The van der Waals surface area contributed by atoms with Crippen LogP contribution in [0.1, 0.15) is 25.8 Å². The molecule has 0 aliphatic carbocycles. The maximum atomic E-state index is 12.5. The van der Waals surface area contributed by atoms with Crippen molar-refractivity contribution in [3.8, 4) is 0 Å². The van der Waals surface area contributed by atoms with Crippen LogP contribution in [0, 0.1) is 0 Å². The molecule has 0 aromatic heterocycles. The minimum Gasteiger partial charge on any atom is -0.305 e. The fourth-order valence-corrected chi connectivity index (χ4v) is 2.99. The van der Waals surface area contributed by atoms with E-state index in [-0.39, 0.29) is 24.1 Å². The molecule has 0 aliphatic heterocycles. The maximum absolute atomic E-state index is 12.5. The summed E-state index contributed by atoms with van der Waals surface area (Å²) in [5.74, 6) is 0. The summed E-state index contributed by atoms with van der Waals surface area (Å²) >= 11 is 0. The van der Waals surface area contributed by atoms with E-state index >= 15 is 0 Å². The Hall–Kier alpha value is -0.770. The number of halogens is 2. The van der Waals surface area contributed by atoms with Crippen LogP contribution in [0.5, 0.6) is 0 Å². The van der Waals surface area contributed by atoms with Gasteiger partial charge in [-0.2, -0.15) is 0 Å². The molecule has 0 saturated carbocycles. The zero-order chi connectivity index (χ0) is 12.9. The fraction of sp³-hybridized carbons (Fsp3) is 0.455. The highest BCUT2D eigenvalue weighted by atomic mass is 31.2. The van der Waals surface area contributed by atoms with Gasteiger partial charge in [0.15, 0.2) is 0 Å². The highest BCUT2D eigenvalue weighted by Gasteiger charge is 2.27. The average molecular weight is 264 g/mol. The minimum atomic E-state index is -3.47. The van der Waals surface area contributed by atoms with Crippen LogP contribution in [0.4, 0.5) is 8.78 Å². The third kappa shape index (κ3) is 3.60. The van der Waals surface area contributed by atoms with Gasteiger partial charge in [-0.25, -0.2) is 8.78 Å². The van der Waals surface area contributed by atoms with Gasteiger partial charge in [-0.15, -0.1) is 0 Å². The molecular weight excluding hydrogens is 249 g/mol. The SMILES string of the molecule is CCOP(=O)(OCC)c1cccc(C(F)F)c1. The van der Waals surface area contributed by atoms with E-state index in [4.69, 9.17) is 9.05 Å². The van der Waals surface area contributed by atoms with E-state index in [1.54, 1.807) is 13.8 Å². The van der Waals surface area contributed by atoms with Crippen LogP contribution in [-0.2, 0) is 13.6 Å². The van der Waals surface area contributed by atoms with Crippen molar-refractivity contribution < 1.29 is 22.4 Å². The zero-order valence-electron chi connectivity index (χ0n) is 9.73. The van der Waals surface area contributed by atoms with E-state index in [1.807, 2.05) is 0 Å². The van der Waals surface area contributed by atoms with Crippen molar-refractivity contribution in [2.45, 2.75) is 20.3 Å². The monoisotopic (exact) mass is 264 g/mol. The molecule has 1 rings (SSSR count). The lowest BCUT2D eigenvalue weighted by Crippen LogP contribution is -2.11. The maximum Gasteiger partial charge on any atom is 0.361 e. The normalized spacial score (nSPS) is 12.1. The van der Waals surface area contributed by atoms with Crippen molar-refractivity contribution in [3.05, 3.63) is 29.8 Å². The summed E-state index contributed by atoms with van der Waals surface area (Å²) in [6.07, 6.45) is -2.60. The largest absolute Gasteiger partial charge is 0.361 e. The number of hydrogen-bond acceptors (Lipinski definition) is 3.